The van der Waals surface area contributed by atoms with Gasteiger partial charge in [0.2, 0.25) is 5.91 Å². The minimum Gasteiger partial charge on any atom is -0.496 e. The van der Waals surface area contributed by atoms with Crippen molar-refractivity contribution in [3.05, 3.63) is 65.2 Å². The number of rotatable bonds is 4. The number of benzene rings is 2. The predicted octanol–water partition coefficient (Wildman–Crippen LogP) is 4.40. The zero-order chi connectivity index (χ0) is 22.9. The molecule has 0 bridgehead atoms. The Morgan fingerprint density at radius 2 is 1.50 bits per heavy atom. The van der Waals surface area contributed by atoms with Crippen molar-refractivity contribution in [1.29, 1.82) is 0 Å². The third kappa shape index (κ3) is 4.25. The van der Waals surface area contributed by atoms with Crippen LogP contribution in [0.4, 0.5) is 0 Å². The molecule has 32 heavy (non-hydrogen) atoms. The average Bonchev–Trinajstić information content (AvgIpc) is 3.62. The van der Waals surface area contributed by atoms with Crippen molar-refractivity contribution < 1.29 is 14.3 Å². The first-order valence-corrected chi connectivity index (χ1v) is 11.6. The quantitative estimate of drug-likeness (QED) is 0.717. The Bertz CT molecular complexity index is 987. The van der Waals surface area contributed by atoms with Crippen molar-refractivity contribution >= 4 is 11.8 Å². The summed E-state index contributed by atoms with van der Waals surface area (Å²) in [6, 6.07) is 15.9. The number of methoxy groups -OCH3 is 1. The van der Waals surface area contributed by atoms with Gasteiger partial charge in [0.05, 0.1) is 18.1 Å². The van der Waals surface area contributed by atoms with Crippen LogP contribution in [-0.4, -0.2) is 54.9 Å². The van der Waals surface area contributed by atoms with Gasteiger partial charge >= 0.3 is 0 Å². The van der Waals surface area contributed by atoms with Crippen LogP contribution >= 0.6 is 0 Å². The third-order valence-electron chi connectivity index (χ3n) is 6.87. The lowest BCUT2D eigenvalue weighted by atomic mass is 9.84. The van der Waals surface area contributed by atoms with Crippen molar-refractivity contribution in [2.45, 2.75) is 50.9 Å². The molecular formula is C27H34N2O3. The van der Waals surface area contributed by atoms with Crippen molar-refractivity contribution in [2.75, 3.05) is 33.3 Å². The second kappa shape index (κ2) is 8.61. The molecule has 2 amide bonds. The Morgan fingerprint density at radius 3 is 2.12 bits per heavy atom. The molecule has 0 spiro atoms. The zero-order valence-corrected chi connectivity index (χ0v) is 19.7. The summed E-state index contributed by atoms with van der Waals surface area (Å²) in [4.78, 5) is 30.5. The highest BCUT2D eigenvalue weighted by atomic mass is 16.5. The fourth-order valence-corrected chi connectivity index (χ4v) is 4.66. The van der Waals surface area contributed by atoms with E-state index >= 15 is 0 Å². The van der Waals surface area contributed by atoms with E-state index in [9.17, 15) is 9.59 Å². The van der Waals surface area contributed by atoms with Crippen LogP contribution in [0.25, 0.3) is 0 Å². The van der Waals surface area contributed by atoms with Gasteiger partial charge in [-0.2, -0.15) is 0 Å². The summed E-state index contributed by atoms with van der Waals surface area (Å²) in [6.07, 6.45) is 2.59. The maximum absolute atomic E-state index is 13.6. The Morgan fingerprint density at radius 1 is 0.875 bits per heavy atom. The maximum Gasteiger partial charge on any atom is 0.257 e. The first-order chi connectivity index (χ1) is 15.3. The van der Waals surface area contributed by atoms with Crippen molar-refractivity contribution in [2.24, 2.45) is 0 Å². The number of carbonyl (C=O) groups is 2. The Labute approximate surface area is 191 Å². The van der Waals surface area contributed by atoms with E-state index in [1.807, 2.05) is 28.0 Å². The van der Waals surface area contributed by atoms with E-state index in [4.69, 9.17) is 4.74 Å². The molecule has 1 saturated carbocycles. The first-order valence-electron chi connectivity index (χ1n) is 11.6. The lowest BCUT2D eigenvalue weighted by Gasteiger charge is -2.27. The minimum atomic E-state index is -0.377. The van der Waals surface area contributed by atoms with E-state index in [-0.39, 0.29) is 22.6 Å². The van der Waals surface area contributed by atoms with Crippen molar-refractivity contribution in [1.82, 2.24) is 9.80 Å². The van der Waals surface area contributed by atoms with Crippen molar-refractivity contribution in [3.8, 4) is 5.75 Å². The molecule has 2 aromatic rings. The molecule has 2 aromatic carbocycles. The highest BCUT2D eigenvalue weighted by Crippen LogP contribution is 2.50. The summed E-state index contributed by atoms with van der Waals surface area (Å²) in [5.74, 6) is 0.772. The Kier molecular flexibility index (Phi) is 6.02. The van der Waals surface area contributed by atoms with Crippen LogP contribution in [0.2, 0.25) is 0 Å². The highest BCUT2D eigenvalue weighted by molar-refractivity contribution is 5.97. The summed E-state index contributed by atoms with van der Waals surface area (Å²) in [5, 5.41) is 0. The summed E-state index contributed by atoms with van der Waals surface area (Å²) < 4.78 is 5.37. The summed E-state index contributed by atoms with van der Waals surface area (Å²) in [6.45, 7) is 9.06. The lowest BCUT2D eigenvalue weighted by molar-refractivity contribution is -0.133. The van der Waals surface area contributed by atoms with Gasteiger partial charge in [-0.3, -0.25) is 9.59 Å². The molecular weight excluding hydrogens is 400 g/mol. The van der Waals surface area contributed by atoms with Gasteiger partial charge in [-0.15, -0.1) is 0 Å². The SMILES string of the molecule is COc1ccccc1C(=O)N1CCCN(C(=O)C2(c3ccc(C(C)(C)C)cc3)CC2)CC1. The monoisotopic (exact) mass is 434 g/mol. The summed E-state index contributed by atoms with van der Waals surface area (Å²) >= 11 is 0. The fraction of sp³-hybridized carbons (Fsp3) is 0.481. The van der Waals surface area contributed by atoms with Crippen LogP contribution in [0.1, 0.15) is 61.5 Å². The molecule has 0 unspecified atom stereocenters. The molecule has 0 aromatic heterocycles. The van der Waals surface area contributed by atoms with E-state index < -0.39 is 0 Å². The lowest BCUT2D eigenvalue weighted by Crippen LogP contribution is -2.42. The number of carbonyl (C=O) groups excluding carboxylic acids is 2. The van der Waals surface area contributed by atoms with Gasteiger partial charge in [0.1, 0.15) is 5.75 Å². The van der Waals surface area contributed by atoms with Gasteiger partial charge in [-0.1, -0.05) is 57.2 Å². The smallest absolute Gasteiger partial charge is 0.257 e. The molecule has 2 aliphatic rings. The van der Waals surface area contributed by atoms with Crippen LogP contribution in [0, 0.1) is 0 Å². The first kappa shape index (κ1) is 22.4. The normalized spacial score (nSPS) is 18.1. The number of amides is 2. The molecule has 1 aliphatic carbocycles. The molecule has 1 saturated heterocycles. The molecule has 0 N–H and O–H groups in total. The highest BCUT2D eigenvalue weighted by Gasteiger charge is 2.53. The van der Waals surface area contributed by atoms with Gasteiger partial charge in [-0.25, -0.2) is 0 Å². The van der Waals surface area contributed by atoms with Gasteiger partial charge in [-0.05, 0) is 47.9 Å². The van der Waals surface area contributed by atoms with Gasteiger partial charge in [0, 0.05) is 26.2 Å². The minimum absolute atomic E-state index is 0.0318. The molecule has 1 heterocycles. The molecule has 2 fully saturated rings. The van der Waals surface area contributed by atoms with Crippen LogP contribution in [0.3, 0.4) is 0 Å². The number of para-hydroxylation sites is 1. The summed E-state index contributed by atoms with van der Waals surface area (Å²) in [7, 11) is 1.58. The van der Waals surface area contributed by atoms with Gasteiger partial charge < -0.3 is 14.5 Å². The van der Waals surface area contributed by atoms with E-state index in [1.54, 1.807) is 13.2 Å². The van der Waals surface area contributed by atoms with Crippen LogP contribution in [-0.2, 0) is 15.6 Å². The van der Waals surface area contributed by atoms with Crippen molar-refractivity contribution in [3.63, 3.8) is 0 Å². The number of ether oxygens (including phenoxy) is 1. The number of nitrogens with zero attached hydrogens (tertiary/aromatic N) is 2. The van der Waals surface area contributed by atoms with Crippen LogP contribution in [0.15, 0.2) is 48.5 Å². The Hall–Kier alpha value is -2.82. The summed E-state index contributed by atoms with van der Waals surface area (Å²) in [5.41, 5.74) is 2.71. The predicted molar refractivity (Wildman–Crippen MR) is 126 cm³/mol. The van der Waals surface area contributed by atoms with E-state index in [0.717, 1.165) is 24.8 Å². The topological polar surface area (TPSA) is 49.9 Å². The van der Waals surface area contributed by atoms with Gasteiger partial charge in [0.25, 0.3) is 5.91 Å². The molecule has 4 rings (SSSR count). The molecule has 5 heteroatoms. The van der Waals surface area contributed by atoms with Crippen LogP contribution in [0.5, 0.6) is 5.75 Å². The molecule has 5 nitrogen and oxygen atoms in total. The second-order valence-electron chi connectivity index (χ2n) is 10.0. The molecule has 1 aliphatic heterocycles. The fourth-order valence-electron chi connectivity index (χ4n) is 4.66. The van der Waals surface area contributed by atoms with E-state index in [0.29, 0.717) is 37.5 Å². The maximum atomic E-state index is 13.6. The number of hydrogen-bond donors (Lipinski definition) is 0. The molecule has 0 atom stereocenters. The van der Waals surface area contributed by atoms with Crippen LogP contribution < -0.4 is 4.74 Å². The second-order valence-corrected chi connectivity index (χ2v) is 10.0. The Balaban J connectivity index is 1.45. The zero-order valence-electron chi connectivity index (χ0n) is 19.7. The number of hydrogen-bond acceptors (Lipinski definition) is 3. The standard InChI is InChI=1S/C27H34N2O3/c1-26(2,3)20-10-12-21(13-11-20)27(14-15-27)25(31)29-17-7-16-28(18-19-29)24(30)22-8-5-6-9-23(22)32-4/h5-6,8-13H,7,14-19H2,1-4H3. The average molecular weight is 435 g/mol. The van der Waals surface area contributed by atoms with Gasteiger partial charge in [0.15, 0.2) is 0 Å². The largest absolute Gasteiger partial charge is 0.496 e. The third-order valence-corrected chi connectivity index (χ3v) is 6.87. The molecule has 0 radical (unpaired) electrons. The molecule has 170 valence electrons. The van der Waals surface area contributed by atoms with E-state index in [2.05, 4.69) is 45.0 Å². The van der Waals surface area contributed by atoms with E-state index in [1.165, 1.54) is 5.56 Å².